The number of nitrogens with one attached hydrogen (secondary N) is 2. The van der Waals surface area contributed by atoms with E-state index in [0.717, 1.165) is 41.8 Å². The van der Waals surface area contributed by atoms with E-state index in [1.165, 1.54) is 4.90 Å². The molecule has 3 aliphatic rings. The van der Waals surface area contributed by atoms with Crippen LogP contribution >= 0.6 is 0 Å². The largest absolute Gasteiger partial charge is 0.379 e. The van der Waals surface area contributed by atoms with E-state index >= 15 is 0 Å². The van der Waals surface area contributed by atoms with E-state index in [2.05, 4.69) is 15.2 Å². The van der Waals surface area contributed by atoms with E-state index < -0.39 is 12.1 Å². The van der Waals surface area contributed by atoms with Crippen LogP contribution in [0, 0.1) is 0 Å². The average molecular weight is 488 g/mol. The first-order chi connectivity index (χ1) is 17.5. The highest BCUT2D eigenvalue weighted by Gasteiger charge is 2.52. The molecule has 3 aliphatic heterocycles. The number of hydrogen-bond donors (Lipinski definition) is 2. The topological polar surface area (TPSA) is 98.0 Å². The molecule has 9 heteroatoms. The lowest BCUT2D eigenvalue weighted by molar-refractivity contribution is -0.120. The minimum Gasteiger partial charge on any atom is -0.379 e. The third-order valence-corrected chi connectivity index (χ3v) is 7.54. The number of carbonyl (C=O) groups is 3. The van der Waals surface area contributed by atoms with Gasteiger partial charge in [-0.3, -0.25) is 14.5 Å². The molecule has 0 aliphatic carbocycles. The van der Waals surface area contributed by atoms with Gasteiger partial charge in [0, 0.05) is 49.2 Å². The third-order valence-electron chi connectivity index (χ3n) is 7.54. The molecule has 1 aromatic heterocycles. The number of urea groups is 1. The van der Waals surface area contributed by atoms with Crippen molar-refractivity contribution < 1.29 is 19.1 Å². The van der Waals surface area contributed by atoms with Crippen LogP contribution in [0.1, 0.15) is 34.6 Å². The Hall–Kier alpha value is -3.69. The molecule has 2 N–H and O–H groups in total. The standard InChI is InChI=1S/C27H29N5O4/c1-17-24-20(18-6-2-4-8-21(18)29-24)16-23-26(34)32(27(35)31(17)23)22-9-5-3-7-19(22)25(33)28-10-11-30-12-14-36-15-13-30/h2-9,17,23,29H,10-16H2,1H3,(H,28,33)/t17-,23+/m1/s1. The Kier molecular flexibility index (Phi) is 5.73. The second-order valence-electron chi connectivity index (χ2n) is 9.55. The van der Waals surface area contributed by atoms with Gasteiger partial charge in [-0.05, 0) is 30.7 Å². The number of anilines is 1. The minimum atomic E-state index is -0.600. The molecule has 0 saturated carbocycles. The monoisotopic (exact) mass is 487 g/mol. The molecule has 0 unspecified atom stereocenters. The van der Waals surface area contributed by atoms with Gasteiger partial charge in [0.15, 0.2) is 0 Å². The first-order valence-corrected chi connectivity index (χ1v) is 12.5. The second-order valence-corrected chi connectivity index (χ2v) is 9.55. The SMILES string of the molecule is C[C@@H]1c2[nH]c3ccccc3c2C[C@H]2C(=O)N(c3ccccc3C(=O)NCCN3CCOCC3)C(=O)N12. The molecule has 0 radical (unpaired) electrons. The van der Waals surface area contributed by atoms with Crippen molar-refractivity contribution >= 4 is 34.4 Å². The van der Waals surface area contributed by atoms with Gasteiger partial charge in [-0.1, -0.05) is 30.3 Å². The van der Waals surface area contributed by atoms with Crippen LogP contribution in [0.25, 0.3) is 10.9 Å². The Bertz CT molecular complexity index is 1340. The molecule has 4 heterocycles. The highest BCUT2D eigenvalue weighted by atomic mass is 16.5. The molecule has 2 saturated heterocycles. The van der Waals surface area contributed by atoms with Gasteiger partial charge in [0.05, 0.1) is 30.5 Å². The molecule has 2 atom stereocenters. The van der Waals surface area contributed by atoms with Crippen molar-refractivity contribution in [2.24, 2.45) is 0 Å². The van der Waals surface area contributed by atoms with E-state index in [-0.39, 0.29) is 17.9 Å². The maximum Gasteiger partial charge on any atom is 0.332 e. The lowest BCUT2D eigenvalue weighted by Crippen LogP contribution is -2.42. The summed E-state index contributed by atoms with van der Waals surface area (Å²) in [4.78, 5) is 48.9. The normalized spacial score (nSPS) is 22.1. The fraction of sp³-hybridized carbons (Fsp3) is 0.370. The van der Waals surface area contributed by atoms with E-state index in [1.54, 1.807) is 29.2 Å². The average Bonchev–Trinajstić information content (AvgIpc) is 3.40. The zero-order valence-electron chi connectivity index (χ0n) is 20.2. The molecule has 4 amide bonds. The molecule has 0 spiro atoms. The highest BCUT2D eigenvalue weighted by Crippen LogP contribution is 2.42. The fourth-order valence-electron chi connectivity index (χ4n) is 5.69. The van der Waals surface area contributed by atoms with Crippen molar-refractivity contribution in [3.05, 3.63) is 65.4 Å². The Morgan fingerprint density at radius 1 is 1.08 bits per heavy atom. The Labute approximate surface area is 209 Å². The molecule has 2 aromatic carbocycles. The van der Waals surface area contributed by atoms with Crippen molar-refractivity contribution in [1.29, 1.82) is 0 Å². The van der Waals surface area contributed by atoms with Crippen molar-refractivity contribution in [2.75, 3.05) is 44.3 Å². The van der Waals surface area contributed by atoms with Crippen LogP contribution in [0.4, 0.5) is 10.5 Å². The minimum absolute atomic E-state index is 0.290. The van der Waals surface area contributed by atoms with Gasteiger partial charge in [-0.15, -0.1) is 0 Å². The van der Waals surface area contributed by atoms with Crippen LogP contribution < -0.4 is 10.2 Å². The van der Waals surface area contributed by atoms with Crippen molar-refractivity contribution in [3.63, 3.8) is 0 Å². The fourth-order valence-corrected chi connectivity index (χ4v) is 5.69. The number of rotatable bonds is 5. The van der Waals surface area contributed by atoms with Crippen molar-refractivity contribution in [3.8, 4) is 0 Å². The van der Waals surface area contributed by atoms with Gasteiger partial charge in [0.1, 0.15) is 6.04 Å². The number of carbonyl (C=O) groups excluding carboxylic acids is 3. The summed E-state index contributed by atoms with van der Waals surface area (Å²) in [5, 5.41) is 4.03. The second kappa shape index (κ2) is 9.07. The van der Waals surface area contributed by atoms with Crippen LogP contribution in [-0.4, -0.2) is 78.1 Å². The number of amides is 4. The number of imide groups is 1. The molecule has 2 fully saturated rings. The van der Waals surface area contributed by atoms with Gasteiger partial charge in [-0.2, -0.15) is 0 Å². The summed E-state index contributed by atoms with van der Waals surface area (Å²) in [5.41, 5.74) is 3.69. The Morgan fingerprint density at radius 2 is 1.83 bits per heavy atom. The van der Waals surface area contributed by atoms with Gasteiger partial charge in [0.25, 0.3) is 11.8 Å². The van der Waals surface area contributed by atoms with E-state index in [9.17, 15) is 14.4 Å². The van der Waals surface area contributed by atoms with E-state index in [1.807, 2.05) is 31.2 Å². The predicted octanol–water partition coefficient (Wildman–Crippen LogP) is 2.68. The molecular formula is C27H29N5O4. The zero-order chi connectivity index (χ0) is 24.8. The molecule has 9 nitrogen and oxygen atoms in total. The predicted molar refractivity (Wildman–Crippen MR) is 135 cm³/mol. The van der Waals surface area contributed by atoms with Crippen LogP contribution in [0.3, 0.4) is 0 Å². The number of morpholine rings is 1. The summed E-state index contributed by atoms with van der Waals surface area (Å²) in [6.07, 6.45) is 0.443. The first-order valence-electron chi connectivity index (χ1n) is 12.5. The summed E-state index contributed by atoms with van der Waals surface area (Å²) >= 11 is 0. The summed E-state index contributed by atoms with van der Waals surface area (Å²) in [7, 11) is 0. The lowest BCUT2D eigenvalue weighted by Gasteiger charge is -2.33. The maximum absolute atomic E-state index is 13.7. The maximum atomic E-state index is 13.7. The summed E-state index contributed by atoms with van der Waals surface area (Å²) < 4.78 is 5.37. The van der Waals surface area contributed by atoms with E-state index in [0.29, 0.717) is 37.4 Å². The summed E-state index contributed by atoms with van der Waals surface area (Å²) in [6.45, 7) is 6.22. The van der Waals surface area contributed by atoms with Gasteiger partial charge >= 0.3 is 6.03 Å². The summed E-state index contributed by atoms with van der Waals surface area (Å²) in [6, 6.07) is 13.6. The number of aromatic amines is 1. The van der Waals surface area contributed by atoms with E-state index in [4.69, 9.17) is 4.74 Å². The number of hydrogen-bond acceptors (Lipinski definition) is 5. The van der Waals surface area contributed by atoms with Crippen molar-refractivity contribution in [2.45, 2.75) is 25.4 Å². The Balaban J connectivity index is 1.25. The Morgan fingerprint density at radius 3 is 2.67 bits per heavy atom. The highest BCUT2D eigenvalue weighted by molar-refractivity contribution is 6.24. The van der Waals surface area contributed by atoms with Gasteiger partial charge in [-0.25, -0.2) is 9.69 Å². The zero-order valence-corrected chi connectivity index (χ0v) is 20.2. The van der Waals surface area contributed by atoms with Crippen LogP contribution in [0.5, 0.6) is 0 Å². The smallest absolute Gasteiger partial charge is 0.332 e. The number of fused-ring (bicyclic) bond motifs is 4. The first kappa shape index (κ1) is 22.8. The molecule has 186 valence electrons. The number of para-hydroxylation sites is 2. The molecule has 0 bridgehead atoms. The molecule has 6 rings (SSSR count). The van der Waals surface area contributed by atoms with Crippen molar-refractivity contribution in [1.82, 2.24) is 20.1 Å². The lowest BCUT2D eigenvalue weighted by atomic mass is 9.93. The van der Waals surface area contributed by atoms with Gasteiger partial charge < -0.3 is 19.9 Å². The van der Waals surface area contributed by atoms with Crippen LogP contribution in [0.15, 0.2) is 48.5 Å². The number of aromatic nitrogens is 1. The number of benzene rings is 2. The third kappa shape index (κ3) is 3.66. The molecule has 36 heavy (non-hydrogen) atoms. The van der Waals surface area contributed by atoms with Crippen LogP contribution in [0.2, 0.25) is 0 Å². The van der Waals surface area contributed by atoms with Gasteiger partial charge in [0.2, 0.25) is 0 Å². The molecule has 3 aromatic rings. The number of H-pyrrole nitrogens is 1. The molecular weight excluding hydrogens is 458 g/mol. The number of ether oxygens (including phenoxy) is 1. The van der Waals surface area contributed by atoms with Crippen LogP contribution in [-0.2, 0) is 16.0 Å². The summed E-state index contributed by atoms with van der Waals surface area (Å²) in [5.74, 6) is -0.593. The number of nitrogens with zero attached hydrogens (tertiary/aromatic N) is 3. The quantitative estimate of drug-likeness (QED) is 0.540.